The molecule has 0 aliphatic carbocycles. The molecule has 0 saturated carbocycles. The van der Waals surface area contributed by atoms with Crippen molar-refractivity contribution < 1.29 is 14.3 Å². The first-order valence-electron chi connectivity index (χ1n) is 8.33. The summed E-state index contributed by atoms with van der Waals surface area (Å²) >= 11 is 5.89. The number of esters is 1. The van der Waals surface area contributed by atoms with Crippen molar-refractivity contribution in [1.82, 2.24) is 4.98 Å². The van der Waals surface area contributed by atoms with Crippen LogP contribution in [0.25, 0.3) is 11.1 Å². The maximum Gasteiger partial charge on any atom is 0.342 e. The van der Waals surface area contributed by atoms with E-state index in [-0.39, 0.29) is 10.7 Å². The summed E-state index contributed by atoms with van der Waals surface area (Å²) in [4.78, 5) is 28.5. The second-order valence-corrected chi connectivity index (χ2v) is 6.15. The van der Waals surface area contributed by atoms with E-state index in [0.717, 1.165) is 11.1 Å². The number of benzene rings is 2. The number of amides is 1. The van der Waals surface area contributed by atoms with Crippen LogP contribution in [0.3, 0.4) is 0 Å². The predicted molar refractivity (Wildman–Crippen MR) is 105 cm³/mol. The molecule has 0 radical (unpaired) electrons. The molecule has 136 valence electrons. The third kappa shape index (κ3) is 4.51. The Balaban J connectivity index is 1.73. The van der Waals surface area contributed by atoms with Gasteiger partial charge in [0.1, 0.15) is 5.15 Å². The van der Waals surface area contributed by atoms with Gasteiger partial charge in [-0.1, -0.05) is 60.1 Å². The number of hydrogen-bond donors (Lipinski definition) is 1. The molecule has 5 nitrogen and oxygen atoms in total. The number of carbonyl (C=O) groups excluding carboxylic acids is 2. The summed E-state index contributed by atoms with van der Waals surface area (Å²) in [7, 11) is 0. The number of ether oxygens (including phenoxy) is 1. The molecule has 0 bridgehead atoms. The standard InChI is InChI=1S/C21H17ClN2O3/c1-14(27-21(26)17-11-7-13-23-19(17)22)20(25)24-18-12-6-5-10-16(18)15-8-3-2-4-9-15/h2-14H,1H3,(H,24,25)/t14-/m0/s1. The van der Waals surface area contributed by atoms with Crippen molar-refractivity contribution in [2.75, 3.05) is 5.32 Å². The van der Waals surface area contributed by atoms with Crippen LogP contribution in [0, 0.1) is 0 Å². The maximum absolute atomic E-state index is 12.5. The van der Waals surface area contributed by atoms with Crippen LogP contribution in [0.1, 0.15) is 17.3 Å². The van der Waals surface area contributed by atoms with E-state index in [4.69, 9.17) is 16.3 Å². The summed E-state index contributed by atoms with van der Waals surface area (Å²) in [6, 6.07) is 20.2. The summed E-state index contributed by atoms with van der Waals surface area (Å²) in [5, 5.41) is 2.85. The van der Waals surface area contributed by atoms with Crippen LogP contribution in [0.4, 0.5) is 5.69 Å². The van der Waals surface area contributed by atoms with Gasteiger partial charge in [0.15, 0.2) is 6.10 Å². The molecule has 1 N–H and O–H groups in total. The minimum atomic E-state index is -1.00. The highest BCUT2D eigenvalue weighted by atomic mass is 35.5. The van der Waals surface area contributed by atoms with Crippen LogP contribution in [0.15, 0.2) is 72.9 Å². The third-order valence-electron chi connectivity index (χ3n) is 3.90. The molecule has 27 heavy (non-hydrogen) atoms. The van der Waals surface area contributed by atoms with Gasteiger partial charge in [-0.25, -0.2) is 9.78 Å². The lowest BCUT2D eigenvalue weighted by Gasteiger charge is -2.16. The molecule has 2 aromatic carbocycles. The Kier molecular flexibility index (Phi) is 5.84. The SMILES string of the molecule is C[C@H](OC(=O)c1cccnc1Cl)C(=O)Nc1ccccc1-c1ccccc1. The zero-order valence-electron chi connectivity index (χ0n) is 14.6. The largest absolute Gasteiger partial charge is 0.449 e. The predicted octanol–water partition coefficient (Wildman–Crippen LogP) is 4.59. The molecule has 0 saturated heterocycles. The van der Waals surface area contributed by atoms with E-state index < -0.39 is 18.0 Å². The Morgan fingerprint density at radius 2 is 1.70 bits per heavy atom. The van der Waals surface area contributed by atoms with E-state index in [2.05, 4.69) is 10.3 Å². The van der Waals surface area contributed by atoms with Gasteiger partial charge in [0.05, 0.1) is 5.56 Å². The minimum absolute atomic E-state index is 0.0320. The monoisotopic (exact) mass is 380 g/mol. The number of para-hydroxylation sites is 1. The van der Waals surface area contributed by atoms with Crippen LogP contribution in [-0.2, 0) is 9.53 Å². The first kappa shape index (κ1) is 18.6. The zero-order chi connectivity index (χ0) is 19.2. The van der Waals surface area contributed by atoms with Gasteiger partial charge in [-0.2, -0.15) is 0 Å². The quantitative estimate of drug-likeness (QED) is 0.519. The Labute approximate surface area is 162 Å². The van der Waals surface area contributed by atoms with Gasteiger partial charge < -0.3 is 10.1 Å². The fourth-order valence-corrected chi connectivity index (χ4v) is 2.71. The number of carbonyl (C=O) groups is 2. The van der Waals surface area contributed by atoms with E-state index in [9.17, 15) is 9.59 Å². The number of nitrogens with zero attached hydrogens (tertiary/aromatic N) is 1. The average molecular weight is 381 g/mol. The van der Waals surface area contributed by atoms with Crippen molar-refractivity contribution in [2.24, 2.45) is 0 Å². The summed E-state index contributed by atoms with van der Waals surface area (Å²) in [5.41, 5.74) is 2.60. The number of hydrogen-bond acceptors (Lipinski definition) is 4. The van der Waals surface area contributed by atoms with Crippen molar-refractivity contribution in [2.45, 2.75) is 13.0 Å². The van der Waals surface area contributed by atoms with Crippen molar-refractivity contribution in [3.8, 4) is 11.1 Å². The van der Waals surface area contributed by atoms with Crippen LogP contribution in [-0.4, -0.2) is 23.0 Å². The maximum atomic E-state index is 12.5. The lowest BCUT2D eigenvalue weighted by Crippen LogP contribution is -2.30. The molecule has 6 heteroatoms. The highest BCUT2D eigenvalue weighted by molar-refractivity contribution is 6.32. The summed E-state index contributed by atoms with van der Waals surface area (Å²) < 4.78 is 5.22. The van der Waals surface area contributed by atoms with Crippen molar-refractivity contribution in [3.05, 3.63) is 83.6 Å². The highest BCUT2D eigenvalue weighted by Crippen LogP contribution is 2.27. The second-order valence-electron chi connectivity index (χ2n) is 5.79. The van der Waals surface area contributed by atoms with E-state index in [1.165, 1.54) is 19.2 Å². The smallest absolute Gasteiger partial charge is 0.342 e. The molecule has 1 aromatic heterocycles. The van der Waals surface area contributed by atoms with Crippen LogP contribution >= 0.6 is 11.6 Å². The van der Waals surface area contributed by atoms with E-state index in [0.29, 0.717) is 5.69 Å². The van der Waals surface area contributed by atoms with E-state index in [1.807, 2.05) is 48.5 Å². The molecular weight excluding hydrogens is 364 g/mol. The summed E-state index contributed by atoms with van der Waals surface area (Å²) in [6.45, 7) is 1.50. The summed E-state index contributed by atoms with van der Waals surface area (Å²) in [5.74, 6) is -1.14. The number of anilines is 1. The van der Waals surface area contributed by atoms with Crippen molar-refractivity contribution >= 4 is 29.2 Å². The molecule has 1 amide bonds. The number of rotatable bonds is 5. The van der Waals surface area contributed by atoms with E-state index in [1.54, 1.807) is 12.1 Å². The molecule has 1 heterocycles. The molecule has 0 aliphatic rings. The zero-order valence-corrected chi connectivity index (χ0v) is 15.3. The number of aromatic nitrogens is 1. The topological polar surface area (TPSA) is 68.3 Å². The normalized spacial score (nSPS) is 11.5. The Morgan fingerprint density at radius 3 is 2.44 bits per heavy atom. The van der Waals surface area contributed by atoms with Crippen molar-refractivity contribution in [1.29, 1.82) is 0 Å². The van der Waals surface area contributed by atoms with Gasteiger partial charge in [-0.05, 0) is 30.7 Å². The minimum Gasteiger partial charge on any atom is -0.449 e. The Bertz CT molecular complexity index is 960. The third-order valence-corrected chi connectivity index (χ3v) is 4.20. The van der Waals surface area contributed by atoms with Gasteiger partial charge in [-0.15, -0.1) is 0 Å². The molecule has 0 aliphatic heterocycles. The molecular formula is C21H17ClN2O3. The van der Waals surface area contributed by atoms with Crippen molar-refractivity contribution in [3.63, 3.8) is 0 Å². The Morgan fingerprint density at radius 1 is 1.00 bits per heavy atom. The highest BCUT2D eigenvalue weighted by Gasteiger charge is 2.21. The van der Waals surface area contributed by atoms with Gasteiger partial charge >= 0.3 is 5.97 Å². The van der Waals surface area contributed by atoms with Crippen LogP contribution < -0.4 is 5.32 Å². The van der Waals surface area contributed by atoms with Gasteiger partial charge in [-0.3, -0.25) is 4.79 Å². The first-order valence-corrected chi connectivity index (χ1v) is 8.71. The fourth-order valence-electron chi connectivity index (χ4n) is 2.51. The average Bonchev–Trinajstić information content (AvgIpc) is 2.69. The van der Waals surface area contributed by atoms with Gasteiger partial charge in [0.25, 0.3) is 5.91 Å². The fraction of sp³-hybridized carbons (Fsp3) is 0.0952. The first-order chi connectivity index (χ1) is 13.1. The van der Waals surface area contributed by atoms with Gasteiger partial charge in [0, 0.05) is 17.4 Å². The number of pyridine rings is 1. The van der Waals surface area contributed by atoms with E-state index >= 15 is 0 Å². The lowest BCUT2D eigenvalue weighted by atomic mass is 10.0. The second kappa shape index (κ2) is 8.47. The van der Waals surface area contributed by atoms with Crippen LogP contribution in [0.2, 0.25) is 5.15 Å². The summed E-state index contributed by atoms with van der Waals surface area (Å²) in [6.07, 6.45) is 0.466. The molecule has 0 unspecified atom stereocenters. The molecule has 0 spiro atoms. The molecule has 3 aromatic rings. The molecule has 0 fully saturated rings. The molecule has 1 atom stereocenters. The number of nitrogens with one attached hydrogen (secondary N) is 1. The number of halogens is 1. The molecule has 3 rings (SSSR count). The van der Waals surface area contributed by atoms with Gasteiger partial charge in [0.2, 0.25) is 0 Å². The van der Waals surface area contributed by atoms with Crippen LogP contribution in [0.5, 0.6) is 0 Å². The lowest BCUT2D eigenvalue weighted by molar-refractivity contribution is -0.123. The Hall–Kier alpha value is -3.18.